The van der Waals surface area contributed by atoms with Crippen LogP contribution >= 0.6 is 11.8 Å². The molecule has 2 unspecified atom stereocenters. The highest BCUT2D eigenvalue weighted by molar-refractivity contribution is 8.15. The van der Waals surface area contributed by atoms with E-state index in [-0.39, 0.29) is 29.2 Å². The highest BCUT2D eigenvalue weighted by Gasteiger charge is 2.42. The Labute approximate surface area is 196 Å². The summed E-state index contributed by atoms with van der Waals surface area (Å²) in [7, 11) is 0. The molecule has 3 amide bonds. The lowest BCUT2D eigenvalue weighted by atomic mass is 9.89. The van der Waals surface area contributed by atoms with Crippen molar-refractivity contribution in [2.75, 3.05) is 19.7 Å². The smallest absolute Gasteiger partial charge is 0.406 e. The van der Waals surface area contributed by atoms with Gasteiger partial charge in [-0.2, -0.15) is 13.2 Å². The summed E-state index contributed by atoms with van der Waals surface area (Å²) >= 11 is 0.958. The fourth-order valence-electron chi connectivity index (χ4n) is 4.56. The van der Waals surface area contributed by atoms with Crippen molar-refractivity contribution in [2.24, 2.45) is 0 Å². The zero-order valence-electron chi connectivity index (χ0n) is 17.6. The molecule has 7 nitrogen and oxygen atoms in total. The Kier molecular flexibility index (Phi) is 5.67. The fraction of sp³-hybridized carbons (Fsp3) is 0.348. The van der Waals surface area contributed by atoms with Gasteiger partial charge < -0.3 is 14.4 Å². The second-order valence-corrected chi connectivity index (χ2v) is 9.37. The first kappa shape index (κ1) is 22.6. The lowest BCUT2D eigenvalue weighted by Crippen LogP contribution is -2.46. The molecular weight excluding hydrogens is 473 g/mol. The third-order valence-electron chi connectivity index (χ3n) is 6.01. The van der Waals surface area contributed by atoms with E-state index >= 15 is 0 Å². The second-order valence-electron chi connectivity index (χ2n) is 8.25. The van der Waals surface area contributed by atoms with Crippen LogP contribution in [-0.4, -0.2) is 53.1 Å². The molecule has 178 valence electrons. The highest BCUT2D eigenvalue weighted by atomic mass is 32.2. The van der Waals surface area contributed by atoms with Gasteiger partial charge in [0.1, 0.15) is 29.4 Å². The van der Waals surface area contributed by atoms with Crippen LogP contribution in [0.1, 0.15) is 39.9 Å². The van der Waals surface area contributed by atoms with Gasteiger partial charge in [-0.1, -0.05) is 36.0 Å². The number of nitrogens with one attached hydrogen (secondary N) is 1. The molecule has 1 N–H and O–H groups in total. The zero-order valence-corrected chi connectivity index (χ0v) is 18.4. The van der Waals surface area contributed by atoms with Crippen LogP contribution in [-0.2, 0) is 4.79 Å². The molecule has 3 aliphatic heterocycles. The number of alkyl halides is 3. The number of hydrogen-bond acceptors (Lipinski definition) is 6. The summed E-state index contributed by atoms with van der Waals surface area (Å²) in [5, 5.41) is 1.38. The van der Waals surface area contributed by atoms with Gasteiger partial charge in [0.2, 0.25) is 5.91 Å². The average molecular weight is 492 g/mol. The zero-order chi connectivity index (χ0) is 24.0. The van der Waals surface area contributed by atoms with Crippen LogP contribution in [0.3, 0.4) is 0 Å². The molecule has 5 rings (SSSR count). The monoisotopic (exact) mass is 492 g/mol. The SMILES string of the molecule is O=C1NC(=O)C([C@@H]2CCOc3cc(OC4CN(CC(F)(F)F)C(=O)c5ccccc54)ccc32)S1. The molecular formula is C23H19F3N2O5S. The molecule has 0 radical (unpaired) electrons. The van der Waals surface area contributed by atoms with E-state index in [9.17, 15) is 27.6 Å². The molecule has 3 heterocycles. The molecule has 11 heteroatoms. The summed E-state index contributed by atoms with van der Waals surface area (Å²) in [5.41, 5.74) is 1.45. The summed E-state index contributed by atoms with van der Waals surface area (Å²) < 4.78 is 51.0. The molecule has 3 atom stereocenters. The average Bonchev–Trinajstić information content (AvgIpc) is 3.13. The van der Waals surface area contributed by atoms with E-state index in [1.807, 2.05) is 0 Å². The first-order valence-electron chi connectivity index (χ1n) is 10.6. The van der Waals surface area contributed by atoms with Crippen LogP contribution in [0.2, 0.25) is 0 Å². The number of halogens is 3. The molecule has 34 heavy (non-hydrogen) atoms. The molecule has 1 fully saturated rings. The number of thioether (sulfide) groups is 1. The first-order chi connectivity index (χ1) is 16.2. The Morgan fingerprint density at radius 3 is 2.65 bits per heavy atom. The quantitative estimate of drug-likeness (QED) is 0.694. The number of benzene rings is 2. The van der Waals surface area contributed by atoms with Crippen molar-refractivity contribution in [3.05, 3.63) is 59.2 Å². The fourth-order valence-corrected chi connectivity index (χ4v) is 5.57. The minimum atomic E-state index is -4.53. The van der Waals surface area contributed by atoms with Crippen LogP contribution in [0.4, 0.5) is 18.0 Å². The van der Waals surface area contributed by atoms with Gasteiger partial charge in [0.15, 0.2) is 0 Å². The molecule has 0 aliphatic carbocycles. The number of amides is 3. The van der Waals surface area contributed by atoms with Gasteiger partial charge >= 0.3 is 6.18 Å². The minimum Gasteiger partial charge on any atom is -0.493 e. The lowest BCUT2D eigenvalue weighted by molar-refractivity contribution is -0.143. The van der Waals surface area contributed by atoms with Crippen molar-refractivity contribution in [1.29, 1.82) is 0 Å². The van der Waals surface area contributed by atoms with Gasteiger partial charge in [0, 0.05) is 23.1 Å². The van der Waals surface area contributed by atoms with E-state index in [0.717, 1.165) is 22.2 Å². The van der Waals surface area contributed by atoms with Gasteiger partial charge in [0.05, 0.1) is 13.2 Å². The van der Waals surface area contributed by atoms with Crippen molar-refractivity contribution < 1.29 is 37.0 Å². The van der Waals surface area contributed by atoms with Crippen LogP contribution in [0.25, 0.3) is 0 Å². The Morgan fingerprint density at radius 2 is 1.91 bits per heavy atom. The number of hydrogen-bond donors (Lipinski definition) is 1. The Balaban J connectivity index is 1.41. The molecule has 3 aliphatic rings. The lowest BCUT2D eigenvalue weighted by Gasteiger charge is -2.35. The molecule has 1 saturated heterocycles. The molecule has 0 bridgehead atoms. The molecule has 0 spiro atoms. The predicted molar refractivity (Wildman–Crippen MR) is 116 cm³/mol. The third kappa shape index (κ3) is 4.31. The Bertz CT molecular complexity index is 1170. The van der Waals surface area contributed by atoms with E-state index < -0.39 is 30.0 Å². The normalized spacial score (nSPS) is 24.3. The molecule has 0 aromatic heterocycles. The van der Waals surface area contributed by atoms with E-state index in [1.54, 1.807) is 36.4 Å². The third-order valence-corrected chi connectivity index (χ3v) is 7.13. The maximum Gasteiger partial charge on any atom is 0.406 e. The van der Waals surface area contributed by atoms with Crippen molar-refractivity contribution >= 4 is 28.8 Å². The highest BCUT2D eigenvalue weighted by Crippen LogP contribution is 2.44. The predicted octanol–water partition coefficient (Wildman–Crippen LogP) is 4.04. The summed E-state index contributed by atoms with van der Waals surface area (Å²) in [5.74, 6) is -0.383. The number of ether oxygens (including phenoxy) is 2. The van der Waals surface area contributed by atoms with Crippen molar-refractivity contribution in [3.8, 4) is 11.5 Å². The van der Waals surface area contributed by atoms with Gasteiger partial charge in [-0.3, -0.25) is 19.7 Å². The number of rotatable bonds is 4. The standard InChI is InChI=1S/C23H19F3N2O5S/c24-23(25,26)11-28-10-18(13-3-1-2-4-16(13)21(28)30)33-12-5-6-14-15(7-8-32-17(14)9-12)19-20(29)27-22(31)34-19/h1-6,9,15,18-19H,7-8,10-11H2,(H,27,29,31)/t15-,18?,19?/m1/s1. The van der Waals surface area contributed by atoms with Crippen molar-refractivity contribution in [2.45, 2.75) is 29.9 Å². The van der Waals surface area contributed by atoms with Crippen molar-refractivity contribution in [3.63, 3.8) is 0 Å². The van der Waals surface area contributed by atoms with E-state index in [1.165, 1.54) is 6.07 Å². The van der Waals surface area contributed by atoms with Crippen LogP contribution in [0.5, 0.6) is 11.5 Å². The molecule has 0 saturated carbocycles. The number of fused-ring (bicyclic) bond motifs is 2. The largest absolute Gasteiger partial charge is 0.493 e. The van der Waals surface area contributed by atoms with E-state index in [2.05, 4.69) is 5.32 Å². The Morgan fingerprint density at radius 1 is 1.12 bits per heavy atom. The Hall–Kier alpha value is -3.21. The number of carbonyl (C=O) groups excluding carboxylic acids is 3. The topological polar surface area (TPSA) is 84.9 Å². The van der Waals surface area contributed by atoms with Crippen LogP contribution in [0.15, 0.2) is 42.5 Å². The van der Waals surface area contributed by atoms with Gasteiger partial charge in [-0.25, -0.2) is 0 Å². The van der Waals surface area contributed by atoms with Gasteiger partial charge in [0.25, 0.3) is 11.1 Å². The van der Waals surface area contributed by atoms with E-state index in [0.29, 0.717) is 30.1 Å². The minimum absolute atomic E-state index is 0.172. The maximum atomic E-state index is 13.0. The van der Waals surface area contributed by atoms with Gasteiger partial charge in [-0.15, -0.1) is 0 Å². The summed E-state index contributed by atoms with van der Waals surface area (Å²) in [6.45, 7) is -1.27. The maximum absolute atomic E-state index is 13.0. The summed E-state index contributed by atoms with van der Waals surface area (Å²) in [6, 6.07) is 11.5. The number of carbonyl (C=O) groups is 3. The van der Waals surface area contributed by atoms with E-state index in [4.69, 9.17) is 9.47 Å². The summed E-state index contributed by atoms with van der Waals surface area (Å²) in [6.07, 6.45) is -4.77. The van der Waals surface area contributed by atoms with Gasteiger partial charge in [-0.05, 0) is 24.1 Å². The van der Waals surface area contributed by atoms with Crippen molar-refractivity contribution in [1.82, 2.24) is 10.2 Å². The number of nitrogens with zero attached hydrogens (tertiary/aromatic N) is 1. The molecule has 2 aromatic carbocycles. The molecule has 2 aromatic rings. The van der Waals surface area contributed by atoms with Crippen LogP contribution in [0, 0.1) is 0 Å². The summed E-state index contributed by atoms with van der Waals surface area (Å²) in [4.78, 5) is 37.1. The number of imide groups is 1. The first-order valence-corrected chi connectivity index (χ1v) is 11.5. The second kappa shape index (κ2) is 8.53. The van der Waals surface area contributed by atoms with Crippen LogP contribution < -0.4 is 14.8 Å².